The number of aliphatic imine (C=N–C) groups is 1. The number of hydrogen-bond donors (Lipinski definition) is 0. The van der Waals surface area contributed by atoms with Crippen molar-refractivity contribution in [3.05, 3.63) is 82.2 Å². The molecule has 0 saturated heterocycles. The van der Waals surface area contributed by atoms with Crippen molar-refractivity contribution in [2.24, 2.45) is 4.99 Å². The van der Waals surface area contributed by atoms with Crippen LogP contribution in [0.5, 0.6) is 0 Å². The number of aryl methyl sites for hydroxylation is 2. The number of pyridine rings is 1. The van der Waals surface area contributed by atoms with Crippen LogP contribution in [-0.2, 0) is 19.0 Å². The van der Waals surface area contributed by atoms with E-state index in [9.17, 15) is 14.9 Å². The first-order valence-electron chi connectivity index (χ1n) is 9.00. The summed E-state index contributed by atoms with van der Waals surface area (Å²) < 4.78 is 1.70. The van der Waals surface area contributed by atoms with Gasteiger partial charge in [0.05, 0.1) is 11.5 Å². The maximum atomic E-state index is 13.2. The molecule has 1 aromatic carbocycles. The zero-order chi connectivity index (χ0) is 20.7. The summed E-state index contributed by atoms with van der Waals surface area (Å²) in [5, 5.41) is 11.5. The Hall–Kier alpha value is -2.93. The molecule has 2 rings (SSSR count). The van der Waals surface area contributed by atoms with E-state index < -0.39 is 11.0 Å². The molecule has 2 aromatic rings. The van der Waals surface area contributed by atoms with Crippen molar-refractivity contribution in [3.63, 3.8) is 0 Å². The van der Waals surface area contributed by atoms with Crippen LogP contribution in [0, 0.1) is 17.0 Å². The van der Waals surface area contributed by atoms with E-state index >= 15 is 0 Å². The van der Waals surface area contributed by atoms with Gasteiger partial charge in [0.15, 0.2) is 12.4 Å². The molecular weight excluding hydrogens is 374 g/mol. The molecule has 1 aromatic heterocycles. The fourth-order valence-corrected chi connectivity index (χ4v) is 3.13. The van der Waals surface area contributed by atoms with Gasteiger partial charge in [-0.3, -0.25) is 14.9 Å². The van der Waals surface area contributed by atoms with Gasteiger partial charge in [-0.25, -0.2) is 0 Å². The number of benzene rings is 1. The number of ketones is 1. The predicted molar refractivity (Wildman–Crippen MR) is 112 cm³/mol. The highest BCUT2D eigenvalue weighted by molar-refractivity contribution is 7.77. The molecule has 0 radical (unpaired) electrons. The average molecular weight is 398 g/mol. The van der Waals surface area contributed by atoms with Crippen LogP contribution >= 0.6 is 0 Å². The molecule has 0 aliphatic carbocycles. The summed E-state index contributed by atoms with van der Waals surface area (Å²) >= 11 is 5.40. The van der Waals surface area contributed by atoms with Gasteiger partial charge in [-0.2, -0.15) is 4.57 Å². The van der Waals surface area contributed by atoms with Gasteiger partial charge in [0.1, 0.15) is 0 Å². The van der Waals surface area contributed by atoms with Crippen molar-refractivity contribution >= 4 is 29.1 Å². The molecule has 1 heterocycles. The molecule has 0 saturated carbocycles. The summed E-state index contributed by atoms with van der Waals surface area (Å²) in [4.78, 5) is 28.2. The van der Waals surface area contributed by atoms with E-state index in [1.54, 1.807) is 42.1 Å². The molecule has 28 heavy (non-hydrogen) atoms. The first-order valence-corrected chi connectivity index (χ1v) is 9.41. The Morgan fingerprint density at radius 2 is 2.04 bits per heavy atom. The maximum Gasteiger partial charge on any atom is 0.273 e. The third-order valence-electron chi connectivity index (χ3n) is 4.31. The molecular formula is C21H23N3O3S. The monoisotopic (exact) mass is 397 g/mol. The molecule has 0 unspecified atom stereocenters. The van der Waals surface area contributed by atoms with Crippen LogP contribution in [-0.4, -0.2) is 22.3 Å². The Bertz CT molecular complexity index is 908. The van der Waals surface area contributed by atoms with E-state index in [1.807, 2.05) is 12.1 Å². The maximum absolute atomic E-state index is 13.2. The smallest absolute Gasteiger partial charge is 0.273 e. The number of hydrogen-bond acceptors (Lipinski definition) is 5. The Morgan fingerprint density at radius 1 is 1.36 bits per heavy atom. The average Bonchev–Trinajstić information content (AvgIpc) is 2.68. The summed E-state index contributed by atoms with van der Waals surface area (Å²) in [6.07, 6.45) is 7.15. The van der Waals surface area contributed by atoms with Crippen LogP contribution in [0.1, 0.15) is 40.9 Å². The van der Waals surface area contributed by atoms with Crippen molar-refractivity contribution in [1.29, 1.82) is 0 Å². The second-order valence-corrected chi connectivity index (χ2v) is 6.81. The molecule has 0 N–H and O–H groups in total. The number of nitro benzene ring substituents is 1. The highest BCUT2D eigenvalue weighted by Crippen LogP contribution is 2.22. The number of aromatic nitrogens is 1. The van der Waals surface area contributed by atoms with Crippen molar-refractivity contribution in [2.75, 3.05) is 6.54 Å². The van der Waals surface area contributed by atoms with Crippen molar-refractivity contribution in [1.82, 2.24) is 0 Å². The van der Waals surface area contributed by atoms with E-state index in [4.69, 9.17) is 12.6 Å². The van der Waals surface area contributed by atoms with Gasteiger partial charge >= 0.3 is 0 Å². The third kappa shape index (κ3) is 5.07. The van der Waals surface area contributed by atoms with Crippen LogP contribution in [0.3, 0.4) is 0 Å². The second kappa shape index (κ2) is 9.85. The molecule has 0 aliphatic rings. The van der Waals surface area contributed by atoms with E-state index in [-0.39, 0.29) is 22.1 Å². The lowest BCUT2D eigenvalue weighted by atomic mass is 10.0. The SMILES string of the molecule is C=CCN=C([S-])[C@H](C(=O)c1ccc(C)c([N+](=O)[O-])c1)[n+]1ccc(CCC)cc1. The molecule has 0 amide bonds. The summed E-state index contributed by atoms with van der Waals surface area (Å²) in [7, 11) is 0. The van der Waals surface area contributed by atoms with Crippen LogP contribution < -0.4 is 4.57 Å². The molecule has 0 aliphatic heterocycles. The van der Waals surface area contributed by atoms with Crippen LogP contribution in [0.15, 0.2) is 60.4 Å². The number of nitrogens with zero attached hydrogens (tertiary/aromatic N) is 3. The first kappa shape index (κ1) is 21.4. The zero-order valence-electron chi connectivity index (χ0n) is 16.0. The number of carbonyl (C=O) groups is 1. The first-order chi connectivity index (χ1) is 13.4. The largest absolute Gasteiger partial charge is 0.758 e. The summed E-state index contributed by atoms with van der Waals surface area (Å²) in [6.45, 7) is 7.65. The van der Waals surface area contributed by atoms with E-state index in [0.29, 0.717) is 12.1 Å². The molecule has 6 nitrogen and oxygen atoms in total. The summed E-state index contributed by atoms with van der Waals surface area (Å²) in [5.41, 5.74) is 1.78. The minimum absolute atomic E-state index is 0.0955. The van der Waals surface area contributed by atoms with Gasteiger partial charge in [0.2, 0.25) is 11.8 Å². The highest BCUT2D eigenvalue weighted by Gasteiger charge is 2.29. The van der Waals surface area contributed by atoms with E-state index in [0.717, 1.165) is 18.4 Å². The Labute approximate surface area is 170 Å². The minimum Gasteiger partial charge on any atom is -0.758 e. The Morgan fingerprint density at radius 3 is 2.61 bits per heavy atom. The van der Waals surface area contributed by atoms with Crippen molar-refractivity contribution < 1.29 is 14.3 Å². The Balaban J connectivity index is 2.49. The number of Topliss-reactive ketones (excluding diaryl/α,β-unsaturated/α-hetero) is 1. The lowest BCUT2D eigenvalue weighted by Crippen LogP contribution is -2.47. The van der Waals surface area contributed by atoms with E-state index in [1.165, 1.54) is 6.07 Å². The molecule has 1 atom stereocenters. The van der Waals surface area contributed by atoms with Gasteiger partial charge < -0.3 is 17.6 Å². The summed E-state index contributed by atoms with van der Waals surface area (Å²) in [5.74, 6) is -0.339. The standard InChI is InChI=1S/C21H23N3O3S/c1-4-6-16-9-12-23(13-10-16)19(21(28)22-11-5-2)20(25)17-8-7-15(3)18(14-17)24(26)27/h5,7-10,12-14,19H,2,4,6,11H2,1,3H3/t19-/m0/s1. The summed E-state index contributed by atoms with van der Waals surface area (Å²) in [6, 6.07) is 7.48. The van der Waals surface area contributed by atoms with Crippen LogP contribution in [0.25, 0.3) is 0 Å². The fourth-order valence-electron chi connectivity index (χ4n) is 2.83. The molecule has 146 valence electrons. The van der Waals surface area contributed by atoms with Gasteiger partial charge in [-0.15, -0.1) is 6.58 Å². The Kier molecular flexibility index (Phi) is 7.52. The molecule has 0 spiro atoms. The quantitative estimate of drug-likeness (QED) is 0.0945. The van der Waals surface area contributed by atoms with Crippen LogP contribution in [0.4, 0.5) is 5.69 Å². The van der Waals surface area contributed by atoms with Crippen LogP contribution in [0.2, 0.25) is 0 Å². The van der Waals surface area contributed by atoms with Crippen molar-refractivity contribution in [2.45, 2.75) is 32.7 Å². The van der Waals surface area contributed by atoms with Gasteiger partial charge in [0, 0.05) is 29.3 Å². The molecule has 0 bridgehead atoms. The zero-order valence-corrected chi connectivity index (χ0v) is 16.8. The highest BCUT2D eigenvalue weighted by atomic mass is 32.1. The number of carbonyl (C=O) groups excluding carboxylic acids is 1. The lowest BCUT2D eigenvalue weighted by Gasteiger charge is -2.18. The van der Waals surface area contributed by atoms with Gasteiger partial charge in [-0.05, 0) is 24.0 Å². The van der Waals surface area contributed by atoms with Crippen molar-refractivity contribution in [3.8, 4) is 0 Å². The number of rotatable bonds is 9. The normalized spacial score (nSPS) is 12.4. The minimum atomic E-state index is -0.854. The second-order valence-electron chi connectivity index (χ2n) is 6.40. The topological polar surface area (TPSA) is 76.4 Å². The van der Waals surface area contributed by atoms with Gasteiger partial charge in [0.25, 0.3) is 5.69 Å². The number of nitro groups is 1. The van der Waals surface area contributed by atoms with E-state index in [2.05, 4.69) is 18.5 Å². The van der Waals surface area contributed by atoms with Gasteiger partial charge in [-0.1, -0.05) is 31.6 Å². The lowest BCUT2D eigenvalue weighted by molar-refractivity contribution is -0.692. The predicted octanol–water partition coefficient (Wildman–Crippen LogP) is 3.70. The third-order valence-corrected chi connectivity index (χ3v) is 4.66. The fraction of sp³-hybridized carbons (Fsp3) is 0.286. The molecule has 7 heteroatoms. The molecule has 0 fully saturated rings.